The number of rotatable bonds is 5. The summed E-state index contributed by atoms with van der Waals surface area (Å²) in [4.78, 5) is 14.6. The Kier molecular flexibility index (Phi) is 4.07. The van der Waals surface area contributed by atoms with Crippen LogP contribution in [0.4, 0.5) is 0 Å². The van der Waals surface area contributed by atoms with Crippen molar-refractivity contribution in [2.45, 2.75) is 45.2 Å². The Labute approximate surface area is 108 Å². The molecule has 0 radical (unpaired) electrons. The summed E-state index contributed by atoms with van der Waals surface area (Å²) in [7, 11) is 0. The highest BCUT2D eigenvalue weighted by atomic mass is 16.3. The summed E-state index contributed by atoms with van der Waals surface area (Å²) >= 11 is 0. The lowest BCUT2D eigenvalue weighted by Crippen LogP contribution is -2.54. The maximum Gasteiger partial charge on any atom is 0.243 e. The van der Waals surface area contributed by atoms with Gasteiger partial charge < -0.3 is 14.6 Å². The summed E-state index contributed by atoms with van der Waals surface area (Å²) in [6.45, 7) is 6.31. The van der Waals surface area contributed by atoms with E-state index < -0.39 is 0 Å². The van der Waals surface area contributed by atoms with E-state index in [-0.39, 0.29) is 11.4 Å². The van der Waals surface area contributed by atoms with Crippen LogP contribution < -0.4 is 5.32 Å². The molecule has 1 aromatic rings. The van der Waals surface area contributed by atoms with Gasteiger partial charge in [-0.25, -0.2) is 0 Å². The van der Waals surface area contributed by atoms with E-state index in [0.717, 1.165) is 31.6 Å². The highest BCUT2D eigenvalue weighted by Gasteiger charge is 2.41. The van der Waals surface area contributed by atoms with Crippen molar-refractivity contribution in [2.24, 2.45) is 0 Å². The van der Waals surface area contributed by atoms with Gasteiger partial charge in [-0.05, 0) is 44.9 Å². The predicted octanol–water partition coefficient (Wildman–Crippen LogP) is 2.16. The molecule has 1 unspecified atom stereocenters. The number of furan rings is 1. The van der Waals surface area contributed by atoms with E-state index in [2.05, 4.69) is 12.2 Å². The Morgan fingerprint density at radius 1 is 1.56 bits per heavy atom. The second-order valence-corrected chi connectivity index (χ2v) is 4.86. The zero-order valence-electron chi connectivity index (χ0n) is 11.2. The first-order valence-corrected chi connectivity index (χ1v) is 6.78. The Morgan fingerprint density at radius 3 is 2.89 bits per heavy atom. The van der Waals surface area contributed by atoms with E-state index in [0.29, 0.717) is 13.1 Å². The van der Waals surface area contributed by atoms with Crippen molar-refractivity contribution in [1.82, 2.24) is 10.2 Å². The van der Waals surface area contributed by atoms with Gasteiger partial charge in [-0.15, -0.1) is 0 Å². The molecule has 4 heteroatoms. The first kappa shape index (κ1) is 13.1. The third-order valence-corrected chi connectivity index (χ3v) is 3.85. The van der Waals surface area contributed by atoms with Gasteiger partial charge in [0.05, 0.1) is 18.3 Å². The van der Waals surface area contributed by atoms with E-state index in [1.54, 1.807) is 6.26 Å². The highest BCUT2D eigenvalue weighted by molar-refractivity contribution is 5.86. The fourth-order valence-electron chi connectivity index (χ4n) is 2.66. The number of nitrogens with zero attached hydrogens (tertiary/aromatic N) is 1. The minimum atomic E-state index is -0.345. The average Bonchev–Trinajstić information content (AvgIpc) is 3.06. The zero-order valence-corrected chi connectivity index (χ0v) is 11.2. The summed E-state index contributed by atoms with van der Waals surface area (Å²) in [5.41, 5.74) is -0.345. The van der Waals surface area contributed by atoms with Crippen molar-refractivity contribution in [1.29, 1.82) is 0 Å². The lowest BCUT2D eigenvalue weighted by atomic mass is 9.92. The summed E-state index contributed by atoms with van der Waals surface area (Å²) in [6.07, 6.45) is 4.52. The molecule has 0 saturated carbocycles. The molecule has 2 rings (SSSR count). The van der Waals surface area contributed by atoms with Crippen molar-refractivity contribution in [3.05, 3.63) is 24.2 Å². The van der Waals surface area contributed by atoms with Crippen LogP contribution in [0.3, 0.4) is 0 Å². The topological polar surface area (TPSA) is 45.5 Å². The molecular weight excluding hydrogens is 228 g/mol. The number of amides is 1. The van der Waals surface area contributed by atoms with Gasteiger partial charge in [0, 0.05) is 6.54 Å². The average molecular weight is 250 g/mol. The van der Waals surface area contributed by atoms with Crippen LogP contribution in [0.1, 0.15) is 38.9 Å². The van der Waals surface area contributed by atoms with E-state index >= 15 is 0 Å². The Morgan fingerprint density at radius 2 is 2.39 bits per heavy atom. The fourth-order valence-corrected chi connectivity index (χ4v) is 2.66. The van der Waals surface area contributed by atoms with Gasteiger partial charge in [-0.3, -0.25) is 4.79 Å². The molecule has 1 amide bonds. The molecule has 0 bridgehead atoms. The summed E-state index contributed by atoms with van der Waals surface area (Å²) in [5, 5.41) is 3.39. The third kappa shape index (κ3) is 2.43. The largest absolute Gasteiger partial charge is 0.467 e. The lowest BCUT2D eigenvalue weighted by molar-refractivity contribution is -0.138. The molecule has 1 aliphatic rings. The molecule has 2 heterocycles. The summed E-state index contributed by atoms with van der Waals surface area (Å²) < 4.78 is 5.33. The van der Waals surface area contributed by atoms with Gasteiger partial charge in [0.1, 0.15) is 5.76 Å². The SMILES string of the molecule is CCN(Cc1ccco1)C(=O)C1(CC)CCCN1. The summed E-state index contributed by atoms with van der Waals surface area (Å²) in [6, 6.07) is 3.77. The van der Waals surface area contributed by atoms with Gasteiger partial charge in [-0.1, -0.05) is 6.92 Å². The molecule has 1 atom stereocenters. The first-order chi connectivity index (χ1) is 8.72. The molecule has 0 aromatic carbocycles. The van der Waals surface area contributed by atoms with Crippen molar-refractivity contribution in [3.8, 4) is 0 Å². The van der Waals surface area contributed by atoms with Gasteiger partial charge in [-0.2, -0.15) is 0 Å². The maximum atomic E-state index is 12.7. The van der Waals surface area contributed by atoms with Gasteiger partial charge in [0.25, 0.3) is 0 Å². The highest BCUT2D eigenvalue weighted by Crippen LogP contribution is 2.26. The van der Waals surface area contributed by atoms with Gasteiger partial charge in [0.2, 0.25) is 5.91 Å². The number of nitrogens with one attached hydrogen (secondary N) is 1. The normalized spacial score (nSPS) is 23.2. The predicted molar refractivity (Wildman–Crippen MR) is 70.1 cm³/mol. The zero-order chi connectivity index (χ0) is 13.0. The van der Waals surface area contributed by atoms with Crippen LogP contribution in [-0.2, 0) is 11.3 Å². The molecule has 1 fully saturated rings. The fraction of sp³-hybridized carbons (Fsp3) is 0.643. The van der Waals surface area contributed by atoms with Crippen LogP contribution in [0.2, 0.25) is 0 Å². The minimum Gasteiger partial charge on any atom is -0.467 e. The van der Waals surface area contributed by atoms with Crippen molar-refractivity contribution in [3.63, 3.8) is 0 Å². The van der Waals surface area contributed by atoms with E-state index in [1.807, 2.05) is 24.0 Å². The number of likely N-dealkylation sites (N-methyl/N-ethyl adjacent to an activating group) is 1. The molecule has 4 nitrogen and oxygen atoms in total. The Bertz CT molecular complexity index is 381. The van der Waals surface area contributed by atoms with E-state index in [4.69, 9.17) is 4.42 Å². The lowest BCUT2D eigenvalue weighted by Gasteiger charge is -2.33. The smallest absolute Gasteiger partial charge is 0.243 e. The van der Waals surface area contributed by atoms with Crippen LogP contribution >= 0.6 is 0 Å². The van der Waals surface area contributed by atoms with Crippen molar-refractivity contribution >= 4 is 5.91 Å². The second-order valence-electron chi connectivity index (χ2n) is 4.86. The molecule has 1 saturated heterocycles. The molecule has 18 heavy (non-hydrogen) atoms. The van der Waals surface area contributed by atoms with Crippen LogP contribution in [0.5, 0.6) is 0 Å². The standard InChI is InChI=1S/C14H22N2O2/c1-3-14(8-6-9-15-14)13(17)16(4-2)11-12-7-5-10-18-12/h5,7,10,15H,3-4,6,8-9,11H2,1-2H3. The van der Waals surface area contributed by atoms with Crippen LogP contribution in [0, 0.1) is 0 Å². The first-order valence-electron chi connectivity index (χ1n) is 6.78. The number of carbonyl (C=O) groups is 1. The van der Waals surface area contributed by atoms with Crippen LogP contribution in [0.15, 0.2) is 22.8 Å². The maximum absolute atomic E-state index is 12.7. The number of hydrogen-bond donors (Lipinski definition) is 1. The third-order valence-electron chi connectivity index (χ3n) is 3.85. The summed E-state index contributed by atoms with van der Waals surface area (Å²) in [5.74, 6) is 1.05. The molecule has 1 N–H and O–H groups in total. The van der Waals surface area contributed by atoms with Crippen molar-refractivity contribution in [2.75, 3.05) is 13.1 Å². The monoisotopic (exact) mass is 250 g/mol. The van der Waals surface area contributed by atoms with Crippen LogP contribution in [-0.4, -0.2) is 29.4 Å². The van der Waals surface area contributed by atoms with E-state index in [1.165, 1.54) is 0 Å². The molecule has 1 aliphatic heterocycles. The quantitative estimate of drug-likeness (QED) is 0.871. The van der Waals surface area contributed by atoms with Crippen LogP contribution in [0.25, 0.3) is 0 Å². The Balaban J connectivity index is 2.09. The Hall–Kier alpha value is -1.29. The second kappa shape index (κ2) is 5.57. The number of hydrogen-bond acceptors (Lipinski definition) is 3. The molecule has 0 spiro atoms. The molecular formula is C14H22N2O2. The number of carbonyl (C=O) groups excluding carboxylic acids is 1. The van der Waals surface area contributed by atoms with Gasteiger partial charge >= 0.3 is 0 Å². The van der Waals surface area contributed by atoms with E-state index in [9.17, 15) is 4.79 Å². The van der Waals surface area contributed by atoms with Gasteiger partial charge in [0.15, 0.2) is 0 Å². The molecule has 0 aliphatic carbocycles. The molecule has 1 aromatic heterocycles. The molecule has 100 valence electrons. The minimum absolute atomic E-state index is 0.210. The van der Waals surface area contributed by atoms with Crippen molar-refractivity contribution < 1.29 is 9.21 Å².